The molecule has 4 heteroatoms. The van der Waals surface area contributed by atoms with Crippen LogP contribution in [0, 0.1) is 11.7 Å². The van der Waals surface area contributed by atoms with Crippen molar-refractivity contribution in [3.05, 3.63) is 34.6 Å². The fourth-order valence-electron chi connectivity index (χ4n) is 2.56. The van der Waals surface area contributed by atoms with E-state index in [1.54, 1.807) is 19.1 Å². The number of halogens is 3. The molecule has 2 unspecified atom stereocenters. The number of hydrogen-bond acceptors (Lipinski definition) is 1. The van der Waals surface area contributed by atoms with Gasteiger partial charge < -0.3 is 5.32 Å². The van der Waals surface area contributed by atoms with Gasteiger partial charge in [0, 0.05) is 29.5 Å². The van der Waals surface area contributed by atoms with Crippen LogP contribution in [-0.2, 0) is 6.42 Å². The molecule has 1 nitrogen and oxygen atoms in total. The van der Waals surface area contributed by atoms with Crippen LogP contribution >= 0.6 is 11.6 Å². The summed E-state index contributed by atoms with van der Waals surface area (Å²) in [6.07, 6.45) is 1.84. The first-order chi connectivity index (χ1) is 8.50. The van der Waals surface area contributed by atoms with Crippen LogP contribution in [0.1, 0.15) is 25.3 Å². The van der Waals surface area contributed by atoms with Crippen molar-refractivity contribution in [2.75, 3.05) is 13.1 Å². The van der Waals surface area contributed by atoms with Gasteiger partial charge >= 0.3 is 0 Å². The van der Waals surface area contributed by atoms with Gasteiger partial charge in [0.05, 0.1) is 0 Å². The zero-order chi connectivity index (χ0) is 13.2. The van der Waals surface area contributed by atoms with Crippen molar-refractivity contribution in [1.29, 1.82) is 0 Å². The molecular formula is C14H18ClF2N. The fourth-order valence-corrected chi connectivity index (χ4v) is 2.79. The van der Waals surface area contributed by atoms with Gasteiger partial charge in [0.2, 0.25) is 0 Å². The van der Waals surface area contributed by atoms with Crippen molar-refractivity contribution in [3.63, 3.8) is 0 Å². The lowest BCUT2D eigenvalue weighted by Crippen LogP contribution is -2.43. The fraction of sp³-hybridized carbons (Fsp3) is 0.571. The molecule has 0 amide bonds. The lowest BCUT2D eigenvalue weighted by Gasteiger charge is -2.34. The van der Waals surface area contributed by atoms with Crippen molar-refractivity contribution in [2.45, 2.75) is 31.9 Å². The van der Waals surface area contributed by atoms with Crippen LogP contribution in [0.3, 0.4) is 0 Å². The highest BCUT2D eigenvalue weighted by Gasteiger charge is 2.36. The molecule has 0 radical (unpaired) electrons. The highest BCUT2D eigenvalue weighted by molar-refractivity contribution is 6.31. The largest absolute Gasteiger partial charge is 0.316 e. The average Bonchev–Trinajstić information content (AvgIpc) is 2.35. The van der Waals surface area contributed by atoms with Crippen LogP contribution in [0.25, 0.3) is 0 Å². The van der Waals surface area contributed by atoms with Crippen LogP contribution in [0.15, 0.2) is 18.2 Å². The van der Waals surface area contributed by atoms with E-state index >= 15 is 0 Å². The first-order valence-electron chi connectivity index (χ1n) is 6.33. The van der Waals surface area contributed by atoms with Gasteiger partial charge in [0.25, 0.3) is 0 Å². The Morgan fingerprint density at radius 1 is 1.50 bits per heavy atom. The van der Waals surface area contributed by atoms with E-state index in [0.717, 1.165) is 19.4 Å². The second kappa shape index (κ2) is 5.54. The topological polar surface area (TPSA) is 12.0 Å². The summed E-state index contributed by atoms with van der Waals surface area (Å²) >= 11 is 5.95. The third-order valence-electron chi connectivity index (χ3n) is 3.73. The minimum Gasteiger partial charge on any atom is -0.316 e. The van der Waals surface area contributed by atoms with E-state index in [9.17, 15) is 8.78 Å². The van der Waals surface area contributed by atoms with Crippen molar-refractivity contribution >= 4 is 11.6 Å². The minimum atomic E-state index is -1.43. The summed E-state index contributed by atoms with van der Waals surface area (Å²) in [5, 5.41) is 3.50. The molecule has 1 aromatic carbocycles. The smallest absolute Gasteiger partial charge is 0.128 e. The number of rotatable bonds is 3. The van der Waals surface area contributed by atoms with Gasteiger partial charge in [-0.1, -0.05) is 17.7 Å². The second-order valence-electron chi connectivity index (χ2n) is 5.20. The molecule has 1 aliphatic rings. The van der Waals surface area contributed by atoms with Crippen LogP contribution < -0.4 is 5.32 Å². The summed E-state index contributed by atoms with van der Waals surface area (Å²) in [6, 6.07) is 4.48. The summed E-state index contributed by atoms with van der Waals surface area (Å²) in [6.45, 7) is 3.14. The molecule has 1 fully saturated rings. The summed E-state index contributed by atoms with van der Waals surface area (Å²) in [5.41, 5.74) is -1.14. The third kappa shape index (κ3) is 3.01. The number of hydrogen-bond donors (Lipinski definition) is 1. The predicted molar refractivity (Wildman–Crippen MR) is 70.2 cm³/mol. The number of benzene rings is 1. The van der Waals surface area contributed by atoms with Gasteiger partial charge in [-0.3, -0.25) is 0 Å². The van der Waals surface area contributed by atoms with Crippen molar-refractivity contribution in [1.82, 2.24) is 5.32 Å². The van der Waals surface area contributed by atoms with Gasteiger partial charge in [-0.25, -0.2) is 8.78 Å². The molecule has 0 aromatic heterocycles. The molecule has 18 heavy (non-hydrogen) atoms. The maximum absolute atomic E-state index is 14.8. The first kappa shape index (κ1) is 13.8. The summed E-state index contributed by atoms with van der Waals surface area (Å²) in [7, 11) is 0. The van der Waals surface area contributed by atoms with E-state index in [2.05, 4.69) is 5.32 Å². The summed E-state index contributed by atoms with van der Waals surface area (Å²) in [5.74, 6) is -0.503. The Labute approximate surface area is 112 Å². The monoisotopic (exact) mass is 273 g/mol. The Hall–Kier alpha value is -0.670. The minimum absolute atomic E-state index is 0.0326. The van der Waals surface area contributed by atoms with E-state index in [1.807, 2.05) is 0 Å². The second-order valence-corrected chi connectivity index (χ2v) is 5.61. The lowest BCUT2D eigenvalue weighted by atomic mass is 9.81. The predicted octanol–water partition coefficient (Wildman–Crippen LogP) is 3.75. The molecule has 1 aliphatic heterocycles. The van der Waals surface area contributed by atoms with E-state index in [4.69, 9.17) is 11.6 Å². The summed E-state index contributed by atoms with van der Waals surface area (Å²) < 4.78 is 28.4. The highest BCUT2D eigenvalue weighted by atomic mass is 35.5. The van der Waals surface area contributed by atoms with Gasteiger partial charge in [0.1, 0.15) is 11.5 Å². The third-order valence-corrected chi connectivity index (χ3v) is 4.09. The van der Waals surface area contributed by atoms with Crippen LogP contribution in [0.5, 0.6) is 0 Å². The molecular weight excluding hydrogens is 256 g/mol. The highest BCUT2D eigenvalue weighted by Crippen LogP contribution is 2.34. The molecule has 100 valence electrons. The molecule has 0 bridgehead atoms. The SMILES string of the molecule is CC(F)(Cc1c(F)cccc1Cl)C1CCCNC1. The Morgan fingerprint density at radius 3 is 2.89 bits per heavy atom. The van der Waals surface area contributed by atoms with Crippen LogP contribution in [0.4, 0.5) is 8.78 Å². The average molecular weight is 274 g/mol. The molecule has 0 spiro atoms. The van der Waals surface area contributed by atoms with Gasteiger partial charge in [0.15, 0.2) is 0 Å². The lowest BCUT2D eigenvalue weighted by molar-refractivity contribution is 0.0824. The van der Waals surface area contributed by atoms with Crippen molar-refractivity contribution in [3.8, 4) is 0 Å². The zero-order valence-corrected chi connectivity index (χ0v) is 11.2. The molecule has 2 rings (SSSR count). The maximum Gasteiger partial charge on any atom is 0.128 e. The molecule has 1 heterocycles. The molecule has 1 N–H and O–H groups in total. The quantitative estimate of drug-likeness (QED) is 0.884. The number of alkyl halides is 1. The van der Waals surface area contributed by atoms with E-state index < -0.39 is 11.5 Å². The van der Waals surface area contributed by atoms with Crippen molar-refractivity contribution < 1.29 is 8.78 Å². The number of piperidine rings is 1. The normalized spacial score (nSPS) is 23.7. The first-order valence-corrected chi connectivity index (χ1v) is 6.71. The molecule has 1 saturated heterocycles. The molecule has 1 aromatic rings. The summed E-state index contributed by atoms with van der Waals surface area (Å²) in [4.78, 5) is 0. The molecule has 0 aliphatic carbocycles. The Morgan fingerprint density at radius 2 is 2.28 bits per heavy atom. The zero-order valence-electron chi connectivity index (χ0n) is 10.5. The van der Waals surface area contributed by atoms with Crippen LogP contribution in [-0.4, -0.2) is 18.8 Å². The van der Waals surface area contributed by atoms with Gasteiger partial charge in [-0.05, 0) is 38.4 Å². The molecule has 0 saturated carbocycles. The Kier molecular flexibility index (Phi) is 4.23. The van der Waals surface area contributed by atoms with E-state index in [1.165, 1.54) is 6.07 Å². The van der Waals surface area contributed by atoms with Crippen LogP contribution in [0.2, 0.25) is 5.02 Å². The van der Waals surface area contributed by atoms with Gasteiger partial charge in [-0.2, -0.15) is 0 Å². The van der Waals surface area contributed by atoms with E-state index in [-0.39, 0.29) is 17.9 Å². The van der Waals surface area contributed by atoms with E-state index in [0.29, 0.717) is 11.6 Å². The number of nitrogens with one attached hydrogen (secondary N) is 1. The maximum atomic E-state index is 14.8. The molecule has 2 atom stereocenters. The van der Waals surface area contributed by atoms with Gasteiger partial charge in [-0.15, -0.1) is 0 Å². The standard InChI is InChI=1S/C14H18ClF2N/c1-14(17,10-4-3-7-18-9-10)8-11-12(15)5-2-6-13(11)16/h2,5-6,10,18H,3-4,7-9H2,1H3. The Bertz CT molecular complexity index is 394. The van der Waals surface area contributed by atoms with Crippen molar-refractivity contribution in [2.24, 2.45) is 5.92 Å². The Balaban J connectivity index is 2.16.